The minimum atomic E-state index is -4.49. The maximum atomic E-state index is 13.1. The summed E-state index contributed by atoms with van der Waals surface area (Å²) < 4.78 is 43.2. The van der Waals surface area contributed by atoms with Gasteiger partial charge in [-0.25, -0.2) is 15.0 Å². The lowest BCUT2D eigenvalue weighted by Crippen LogP contribution is -2.14. The molecule has 0 aromatic carbocycles. The van der Waals surface area contributed by atoms with Crippen molar-refractivity contribution in [3.05, 3.63) is 23.8 Å². The third-order valence-electron chi connectivity index (χ3n) is 6.01. The van der Waals surface area contributed by atoms with E-state index in [4.69, 9.17) is 4.98 Å². The molecule has 4 rings (SSSR count). The normalized spacial score (nSPS) is 20.2. The summed E-state index contributed by atoms with van der Waals surface area (Å²) in [5.41, 5.74) is 0.649. The predicted octanol–water partition coefficient (Wildman–Crippen LogP) is 5.79. The second-order valence-electron chi connectivity index (χ2n) is 8.12. The summed E-state index contributed by atoms with van der Waals surface area (Å²) in [6, 6.07) is 1.01. The second kappa shape index (κ2) is 7.90. The van der Waals surface area contributed by atoms with Crippen LogP contribution in [-0.4, -0.2) is 29.8 Å². The minimum Gasteiger partial charge on any atom is -0.325 e. The number of pyridine rings is 1. The van der Waals surface area contributed by atoms with Gasteiger partial charge in [-0.05, 0) is 30.6 Å². The van der Waals surface area contributed by atoms with Crippen molar-refractivity contribution in [2.24, 2.45) is 20.0 Å². The molecule has 0 unspecified atom stereocenters. The number of nitrogens with zero attached hydrogens (tertiary/aromatic N) is 5. The number of aryl methyl sites for hydroxylation is 1. The number of thioether (sulfide) groups is 1. The Balaban J connectivity index is 1.82. The zero-order valence-corrected chi connectivity index (χ0v) is 18.4. The SMILES string of the molecule is CCSc1c(-c2nc3cc(C(F)(F)F)ncc3n2C)nc(C2CCC(C)CC2)n1C. The molecule has 0 bridgehead atoms. The van der Waals surface area contributed by atoms with E-state index in [1.165, 1.54) is 19.0 Å². The monoisotopic (exact) mass is 437 g/mol. The van der Waals surface area contributed by atoms with E-state index in [2.05, 4.69) is 28.4 Å². The van der Waals surface area contributed by atoms with Gasteiger partial charge in [0, 0.05) is 20.0 Å². The molecular weight excluding hydrogens is 411 g/mol. The number of halogens is 3. The van der Waals surface area contributed by atoms with Crippen molar-refractivity contribution in [3.8, 4) is 11.5 Å². The van der Waals surface area contributed by atoms with E-state index in [0.29, 0.717) is 17.3 Å². The van der Waals surface area contributed by atoms with Crippen molar-refractivity contribution < 1.29 is 13.2 Å². The fourth-order valence-corrected chi connectivity index (χ4v) is 5.12. The molecule has 0 N–H and O–H groups in total. The van der Waals surface area contributed by atoms with Gasteiger partial charge in [-0.1, -0.05) is 26.7 Å². The molecule has 3 aromatic heterocycles. The molecule has 3 aromatic rings. The topological polar surface area (TPSA) is 48.5 Å². The third kappa shape index (κ3) is 3.72. The van der Waals surface area contributed by atoms with Crippen LogP contribution in [0.3, 0.4) is 0 Å². The average Bonchev–Trinajstić information content (AvgIpc) is 3.19. The first-order valence-electron chi connectivity index (χ1n) is 10.3. The highest BCUT2D eigenvalue weighted by Crippen LogP contribution is 2.40. The lowest BCUT2D eigenvalue weighted by molar-refractivity contribution is -0.141. The number of fused-ring (bicyclic) bond motifs is 1. The fourth-order valence-electron chi connectivity index (χ4n) is 4.29. The number of imidazole rings is 2. The quantitative estimate of drug-likeness (QED) is 0.485. The molecule has 162 valence electrons. The van der Waals surface area contributed by atoms with Gasteiger partial charge in [-0.15, -0.1) is 11.8 Å². The summed E-state index contributed by atoms with van der Waals surface area (Å²) in [7, 11) is 3.84. The van der Waals surface area contributed by atoms with Crippen LogP contribution >= 0.6 is 11.8 Å². The molecule has 0 atom stereocenters. The van der Waals surface area contributed by atoms with Crippen LogP contribution in [0, 0.1) is 5.92 Å². The van der Waals surface area contributed by atoms with E-state index in [1.54, 1.807) is 23.4 Å². The van der Waals surface area contributed by atoms with Crippen molar-refractivity contribution in [1.82, 2.24) is 24.1 Å². The van der Waals surface area contributed by atoms with E-state index >= 15 is 0 Å². The Morgan fingerprint density at radius 2 is 1.80 bits per heavy atom. The molecule has 0 saturated heterocycles. The van der Waals surface area contributed by atoms with Crippen molar-refractivity contribution in [3.63, 3.8) is 0 Å². The smallest absolute Gasteiger partial charge is 0.325 e. The van der Waals surface area contributed by atoms with Gasteiger partial charge in [0.05, 0.1) is 17.2 Å². The van der Waals surface area contributed by atoms with Crippen LogP contribution in [0.15, 0.2) is 17.3 Å². The number of hydrogen-bond donors (Lipinski definition) is 0. The average molecular weight is 438 g/mol. The van der Waals surface area contributed by atoms with E-state index in [1.807, 2.05) is 7.05 Å². The number of rotatable bonds is 4. The van der Waals surface area contributed by atoms with E-state index in [0.717, 1.165) is 47.1 Å². The Labute approximate surface area is 178 Å². The summed E-state index contributed by atoms with van der Waals surface area (Å²) in [6.07, 6.45) is 1.37. The van der Waals surface area contributed by atoms with Crippen LogP contribution in [0.25, 0.3) is 22.6 Å². The highest BCUT2D eigenvalue weighted by atomic mass is 32.2. The van der Waals surface area contributed by atoms with Gasteiger partial charge >= 0.3 is 6.18 Å². The number of hydrogen-bond acceptors (Lipinski definition) is 4. The first kappa shape index (κ1) is 21.2. The molecule has 1 aliphatic carbocycles. The molecule has 0 aliphatic heterocycles. The van der Waals surface area contributed by atoms with E-state index in [-0.39, 0.29) is 5.52 Å². The van der Waals surface area contributed by atoms with Crippen molar-refractivity contribution >= 4 is 22.8 Å². The molecular formula is C21H26F3N5S. The van der Waals surface area contributed by atoms with Crippen molar-refractivity contribution in [2.75, 3.05) is 5.75 Å². The summed E-state index contributed by atoms with van der Waals surface area (Å²) >= 11 is 1.69. The summed E-state index contributed by atoms with van der Waals surface area (Å²) in [6.45, 7) is 4.37. The fraction of sp³-hybridized carbons (Fsp3) is 0.571. The third-order valence-corrected chi connectivity index (χ3v) is 7.04. The standard InChI is InChI=1S/C21H26F3N5S/c1-5-30-20-17(27-18(29(20)4)13-8-6-12(2)7-9-13)19-26-14-10-16(21(22,23)24)25-11-15(14)28(19)3/h10-13H,5-9H2,1-4H3. The second-order valence-corrected chi connectivity index (χ2v) is 9.38. The number of alkyl halides is 3. The molecule has 1 saturated carbocycles. The Morgan fingerprint density at radius 1 is 1.10 bits per heavy atom. The van der Waals surface area contributed by atoms with Crippen molar-refractivity contribution in [1.29, 1.82) is 0 Å². The van der Waals surface area contributed by atoms with Gasteiger partial charge in [-0.2, -0.15) is 13.2 Å². The Hall–Kier alpha value is -2.03. The van der Waals surface area contributed by atoms with Gasteiger partial charge in [-0.3, -0.25) is 0 Å². The maximum absolute atomic E-state index is 13.1. The van der Waals surface area contributed by atoms with Crippen LogP contribution in [0.1, 0.15) is 57.0 Å². The molecule has 0 radical (unpaired) electrons. The van der Waals surface area contributed by atoms with Gasteiger partial charge in [0.1, 0.15) is 22.2 Å². The first-order valence-corrected chi connectivity index (χ1v) is 11.3. The highest BCUT2D eigenvalue weighted by Gasteiger charge is 2.33. The predicted molar refractivity (Wildman–Crippen MR) is 112 cm³/mol. The zero-order valence-electron chi connectivity index (χ0n) is 17.6. The van der Waals surface area contributed by atoms with Crippen LogP contribution in [-0.2, 0) is 20.3 Å². The summed E-state index contributed by atoms with van der Waals surface area (Å²) in [4.78, 5) is 13.1. The lowest BCUT2D eigenvalue weighted by atomic mass is 9.82. The van der Waals surface area contributed by atoms with Crippen LogP contribution < -0.4 is 0 Å². The molecule has 3 heterocycles. The van der Waals surface area contributed by atoms with Gasteiger partial charge in [0.25, 0.3) is 0 Å². The summed E-state index contributed by atoms with van der Waals surface area (Å²) in [5, 5.41) is 1.01. The lowest BCUT2D eigenvalue weighted by Gasteiger charge is -2.25. The summed E-state index contributed by atoms with van der Waals surface area (Å²) in [5.74, 6) is 3.66. The highest BCUT2D eigenvalue weighted by molar-refractivity contribution is 7.99. The Morgan fingerprint density at radius 3 is 2.43 bits per heavy atom. The largest absolute Gasteiger partial charge is 0.433 e. The van der Waals surface area contributed by atoms with Crippen molar-refractivity contribution in [2.45, 2.75) is 56.7 Å². The maximum Gasteiger partial charge on any atom is 0.433 e. The van der Waals surface area contributed by atoms with Gasteiger partial charge in [0.2, 0.25) is 0 Å². The number of aromatic nitrogens is 5. The van der Waals surface area contributed by atoms with E-state index in [9.17, 15) is 13.2 Å². The van der Waals surface area contributed by atoms with Crippen LogP contribution in [0.5, 0.6) is 0 Å². The van der Waals surface area contributed by atoms with Gasteiger partial charge in [0.15, 0.2) is 5.82 Å². The molecule has 5 nitrogen and oxygen atoms in total. The molecule has 0 amide bonds. The first-order chi connectivity index (χ1) is 14.2. The Bertz CT molecular complexity index is 1060. The molecule has 1 aliphatic rings. The minimum absolute atomic E-state index is 0.279. The molecule has 9 heteroatoms. The molecule has 0 spiro atoms. The Kier molecular flexibility index (Phi) is 5.59. The molecule has 1 fully saturated rings. The van der Waals surface area contributed by atoms with E-state index < -0.39 is 11.9 Å². The van der Waals surface area contributed by atoms with Crippen LogP contribution in [0.4, 0.5) is 13.2 Å². The zero-order chi connectivity index (χ0) is 21.6. The van der Waals surface area contributed by atoms with Crippen LogP contribution in [0.2, 0.25) is 0 Å². The molecule has 30 heavy (non-hydrogen) atoms. The van der Waals surface area contributed by atoms with Gasteiger partial charge < -0.3 is 9.13 Å².